The summed E-state index contributed by atoms with van der Waals surface area (Å²) in [5.74, 6) is 0.943. The molecule has 0 aliphatic rings. The fourth-order valence-corrected chi connectivity index (χ4v) is 4.75. The largest absolute Gasteiger partial charge is 0.495 e. The molecule has 0 saturated carbocycles. The van der Waals surface area contributed by atoms with Crippen LogP contribution >= 0.6 is 11.3 Å². The van der Waals surface area contributed by atoms with Gasteiger partial charge in [0.25, 0.3) is 0 Å². The Morgan fingerprint density at radius 2 is 1.68 bits per heavy atom. The molecule has 0 fully saturated rings. The van der Waals surface area contributed by atoms with Crippen LogP contribution in [0.5, 0.6) is 11.5 Å². The van der Waals surface area contributed by atoms with E-state index in [2.05, 4.69) is 6.07 Å². The summed E-state index contributed by atoms with van der Waals surface area (Å²) in [4.78, 5) is 5.60. The summed E-state index contributed by atoms with van der Waals surface area (Å²) >= 11 is 1.38. The van der Waals surface area contributed by atoms with Gasteiger partial charge < -0.3 is 14.2 Å². The third-order valence-corrected chi connectivity index (χ3v) is 6.83. The minimum absolute atomic E-state index is 0.216. The number of thiazole rings is 1. The summed E-state index contributed by atoms with van der Waals surface area (Å²) in [6.07, 6.45) is -3.05. The highest BCUT2D eigenvalue weighted by Crippen LogP contribution is 2.34. The number of hydrogen-bond donors (Lipinski definition) is 0. The van der Waals surface area contributed by atoms with Crippen molar-refractivity contribution in [3.63, 3.8) is 0 Å². The second-order valence-electron chi connectivity index (χ2n) is 8.37. The molecule has 1 aromatic heterocycles. The molecule has 0 unspecified atom stereocenters. The number of rotatable bonds is 11. The molecule has 0 radical (unpaired) electrons. The van der Waals surface area contributed by atoms with E-state index in [-0.39, 0.29) is 6.61 Å². The summed E-state index contributed by atoms with van der Waals surface area (Å²) in [6.45, 7) is 5.27. The van der Waals surface area contributed by atoms with Crippen molar-refractivity contribution in [2.24, 2.45) is 0 Å². The fourth-order valence-electron chi connectivity index (χ4n) is 3.73. The average Bonchev–Trinajstić information content (AvgIpc) is 3.39. The molecule has 0 saturated heterocycles. The second-order valence-corrected chi connectivity index (χ2v) is 9.45. The molecular formula is C31H31F3N2O3S. The van der Waals surface area contributed by atoms with Crippen molar-refractivity contribution in [3.05, 3.63) is 100 Å². The maximum Gasteiger partial charge on any atom is 0.416 e. The molecule has 0 aliphatic heterocycles. The zero-order chi connectivity index (χ0) is 29.0. The Balaban J connectivity index is 0.00000216. The average molecular weight is 569 g/mol. The zero-order valence-electron chi connectivity index (χ0n) is 22.6. The van der Waals surface area contributed by atoms with E-state index in [9.17, 15) is 18.4 Å². The number of ether oxygens (including phenoxy) is 3. The minimum Gasteiger partial charge on any atom is -0.495 e. The first-order chi connectivity index (χ1) is 19.4. The number of aryl methyl sites for hydroxylation is 1. The Morgan fingerprint density at radius 1 is 0.950 bits per heavy atom. The van der Waals surface area contributed by atoms with Gasteiger partial charge in [-0.2, -0.15) is 18.4 Å². The third kappa shape index (κ3) is 8.57. The molecule has 5 nitrogen and oxygen atoms in total. The molecule has 4 aromatic rings. The molecule has 0 atom stereocenters. The molecule has 0 bridgehead atoms. The number of aromatic nitrogens is 1. The van der Waals surface area contributed by atoms with Crippen molar-refractivity contribution < 1.29 is 27.4 Å². The number of hydrogen-bond acceptors (Lipinski definition) is 6. The van der Waals surface area contributed by atoms with Crippen LogP contribution in [0, 0.1) is 11.3 Å². The van der Waals surface area contributed by atoms with Crippen molar-refractivity contribution >= 4 is 11.3 Å². The first-order valence-electron chi connectivity index (χ1n) is 12.9. The van der Waals surface area contributed by atoms with Gasteiger partial charge in [-0.1, -0.05) is 56.3 Å². The highest BCUT2D eigenvalue weighted by atomic mass is 32.1. The van der Waals surface area contributed by atoms with Crippen LogP contribution in [0.1, 0.15) is 47.5 Å². The summed E-state index contributed by atoms with van der Waals surface area (Å²) in [5.41, 5.74) is 2.22. The van der Waals surface area contributed by atoms with Crippen LogP contribution in [0.2, 0.25) is 0 Å². The Hall–Kier alpha value is -3.87. The van der Waals surface area contributed by atoms with Crippen LogP contribution in [0.4, 0.5) is 13.2 Å². The van der Waals surface area contributed by atoms with Crippen LogP contribution in [-0.2, 0) is 30.5 Å². The summed E-state index contributed by atoms with van der Waals surface area (Å²) in [6, 6.07) is 21.9. The lowest BCUT2D eigenvalue weighted by atomic mass is 10.1. The normalized spacial score (nSPS) is 10.8. The molecule has 0 N–H and O–H groups in total. The monoisotopic (exact) mass is 568 g/mol. The van der Waals surface area contributed by atoms with E-state index in [0.717, 1.165) is 34.7 Å². The van der Waals surface area contributed by atoms with E-state index in [1.165, 1.54) is 30.6 Å². The predicted molar refractivity (Wildman–Crippen MR) is 150 cm³/mol. The molecule has 0 amide bonds. The van der Waals surface area contributed by atoms with Crippen molar-refractivity contribution in [1.29, 1.82) is 5.26 Å². The number of benzene rings is 3. The zero-order valence-corrected chi connectivity index (χ0v) is 23.4. The number of methoxy groups -OCH3 is 1. The maximum atomic E-state index is 13.0. The highest BCUT2D eigenvalue weighted by Gasteiger charge is 2.30. The molecular weight excluding hydrogens is 537 g/mol. The third-order valence-electron chi connectivity index (χ3n) is 5.71. The lowest BCUT2D eigenvalue weighted by Crippen LogP contribution is -2.04. The summed E-state index contributed by atoms with van der Waals surface area (Å²) < 4.78 is 56.0. The lowest BCUT2D eigenvalue weighted by molar-refractivity contribution is -0.137. The van der Waals surface area contributed by atoms with E-state index >= 15 is 0 Å². The van der Waals surface area contributed by atoms with E-state index in [0.29, 0.717) is 47.3 Å². The smallest absolute Gasteiger partial charge is 0.416 e. The maximum absolute atomic E-state index is 13.0. The highest BCUT2D eigenvalue weighted by molar-refractivity contribution is 7.15. The van der Waals surface area contributed by atoms with Crippen LogP contribution < -0.4 is 9.47 Å². The van der Waals surface area contributed by atoms with Crippen LogP contribution in [0.25, 0.3) is 10.6 Å². The molecule has 0 spiro atoms. The van der Waals surface area contributed by atoms with Gasteiger partial charge in [0.05, 0.1) is 35.4 Å². The number of alkyl halides is 3. The first-order valence-corrected chi connectivity index (χ1v) is 13.7. The Morgan fingerprint density at radius 3 is 2.33 bits per heavy atom. The van der Waals surface area contributed by atoms with Gasteiger partial charge in [0.15, 0.2) is 0 Å². The van der Waals surface area contributed by atoms with Crippen molar-refractivity contribution in [1.82, 2.24) is 4.98 Å². The van der Waals surface area contributed by atoms with Gasteiger partial charge in [-0.25, -0.2) is 4.98 Å². The molecule has 210 valence electrons. The molecule has 40 heavy (non-hydrogen) atoms. The lowest BCUT2D eigenvalue weighted by Gasteiger charge is -2.09. The Bertz CT molecular complexity index is 1380. The summed E-state index contributed by atoms with van der Waals surface area (Å²) in [7, 11) is 1.48. The number of nitrogens with zero attached hydrogens (tertiary/aromatic N) is 2. The van der Waals surface area contributed by atoms with Crippen molar-refractivity contribution in [3.8, 4) is 28.1 Å². The van der Waals surface area contributed by atoms with Crippen LogP contribution in [0.15, 0.2) is 72.8 Å². The van der Waals surface area contributed by atoms with E-state index in [4.69, 9.17) is 19.2 Å². The Labute approximate surface area is 236 Å². The van der Waals surface area contributed by atoms with Crippen molar-refractivity contribution in [2.75, 3.05) is 13.7 Å². The topological polar surface area (TPSA) is 64.4 Å². The Kier molecular flexibility index (Phi) is 11.5. The number of halogens is 3. The minimum atomic E-state index is -4.40. The quantitative estimate of drug-likeness (QED) is 0.170. The van der Waals surface area contributed by atoms with Gasteiger partial charge in [-0.05, 0) is 42.7 Å². The predicted octanol–water partition coefficient (Wildman–Crippen LogP) is 8.46. The van der Waals surface area contributed by atoms with Gasteiger partial charge in [-0.3, -0.25) is 0 Å². The molecule has 4 rings (SSSR count). The summed E-state index contributed by atoms with van der Waals surface area (Å²) in [5, 5.41) is 9.81. The SMILES string of the molecule is CC.COc1cc(OCc2sc(-c3ccc(C(F)(F)F)cc3)nc2CCCOCc2ccccc2)ccc1C#N. The van der Waals surface area contributed by atoms with Gasteiger partial charge in [0.2, 0.25) is 0 Å². The van der Waals surface area contributed by atoms with Gasteiger partial charge in [0.1, 0.15) is 29.2 Å². The van der Waals surface area contributed by atoms with E-state index < -0.39 is 11.7 Å². The molecule has 3 aromatic carbocycles. The van der Waals surface area contributed by atoms with Crippen LogP contribution in [-0.4, -0.2) is 18.7 Å². The van der Waals surface area contributed by atoms with Gasteiger partial charge in [-0.15, -0.1) is 11.3 Å². The second kappa shape index (κ2) is 15.1. The van der Waals surface area contributed by atoms with E-state index in [1.807, 2.05) is 44.2 Å². The van der Waals surface area contributed by atoms with E-state index in [1.54, 1.807) is 18.2 Å². The van der Waals surface area contributed by atoms with Crippen LogP contribution in [0.3, 0.4) is 0 Å². The van der Waals surface area contributed by atoms with Crippen molar-refractivity contribution in [2.45, 2.75) is 46.1 Å². The molecule has 9 heteroatoms. The fraction of sp³-hybridized carbons (Fsp3) is 0.290. The van der Waals surface area contributed by atoms with Gasteiger partial charge in [0, 0.05) is 18.2 Å². The molecule has 0 aliphatic carbocycles. The first kappa shape index (κ1) is 30.7. The molecule has 1 heterocycles. The standard InChI is InChI=1S/C29H25F3N2O3S.C2H6/c1-35-26-16-24(14-11-22(26)17-33)37-19-27-25(8-5-15-36-18-20-6-3-2-4-7-20)34-28(38-27)21-9-12-23(13-10-21)29(30,31)32;1-2/h2-4,6-7,9-14,16H,5,8,15,18-19H2,1H3;1-2H3. The van der Waals surface area contributed by atoms with Gasteiger partial charge >= 0.3 is 6.18 Å². The number of nitriles is 1.